The summed E-state index contributed by atoms with van der Waals surface area (Å²) in [6.07, 6.45) is 7.59. The number of ketones is 2. The molecule has 1 aromatic rings. The molecule has 1 aromatic carbocycles. The lowest BCUT2D eigenvalue weighted by atomic mass is 9.76. The molecule has 0 bridgehead atoms. The molecule has 0 radical (unpaired) electrons. The highest BCUT2D eigenvalue weighted by Crippen LogP contribution is 2.36. The van der Waals surface area contributed by atoms with E-state index >= 15 is 0 Å². The molecule has 2 heteroatoms. The van der Waals surface area contributed by atoms with Crippen LogP contribution in [0.4, 0.5) is 0 Å². The van der Waals surface area contributed by atoms with Crippen molar-refractivity contribution >= 4 is 11.6 Å². The minimum atomic E-state index is 0.255. The van der Waals surface area contributed by atoms with Crippen molar-refractivity contribution in [1.82, 2.24) is 0 Å². The zero-order valence-corrected chi connectivity index (χ0v) is 13.9. The van der Waals surface area contributed by atoms with Crippen LogP contribution in [-0.4, -0.2) is 11.6 Å². The Morgan fingerprint density at radius 1 is 1.00 bits per heavy atom. The van der Waals surface area contributed by atoms with Gasteiger partial charge in [0.05, 0.1) is 0 Å². The van der Waals surface area contributed by atoms with Crippen molar-refractivity contribution < 1.29 is 9.59 Å². The van der Waals surface area contributed by atoms with Crippen LogP contribution in [0, 0.1) is 5.92 Å². The van der Waals surface area contributed by atoms with E-state index in [1.165, 1.54) is 5.56 Å². The highest BCUT2D eigenvalue weighted by atomic mass is 16.1. The molecule has 1 aliphatic rings. The minimum absolute atomic E-state index is 0.255. The summed E-state index contributed by atoms with van der Waals surface area (Å²) in [5, 5.41) is 0. The SMILES string of the molecule is CCCCC(=O)c1ccc(C2CCC(C(=O)CC)CC2)cc1. The molecule has 0 aromatic heterocycles. The third-order valence-electron chi connectivity index (χ3n) is 4.99. The van der Waals surface area contributed by atoms with Crippen LogP contribution in [0.15, 0.2) is 24.3 Å². The van der Waals surface area contributed by atoms with Gasteiger partial charge < -0.3 is 0 Å². The standard InChI is InChI=1S/C20H28O2/c1-3-5-6-20(22)18-13-9-16(10-14-18)15-7-11-17(12-8-15)19(21)4-2/h9-10,13-15,17H,3-8,11-12H2,1-2H3. The van der Waals surface area contributed by atoms with Gasteiger partial charge in [0.2, 0.25) is 0 Å². The predicted molar refractivity (Wildman–Crippen MR) is 90.3 cm³/mol. The van der Waals surface area contributed by atoms with Crippen LogP contribution >= 0.6 is 0 Å². The van der Waals surface area contributed by atoms with E-state index in [4.69, 9.17) is 0 Å². The summed E-state index contributed by atoms with van der Waals surface area (Å²) in [6.45, 7) is 4.07. The summed E-state index contributed by atoms with van der Waals surface area (Å²) in [4.78, 5) is 23.8. The van der Waals surface area contributed by atoms with Crippen LogP contribution in [-0.2, 0) is 4.79 Å². The van der Waals surface area contributed by atoms with Crippen molar-refractivity contribution in [2.45, 2.75) is 71.1 Å². The molecule has 0 amide bonds. The van der Waals surface area contributed by atoms with Crippen molar-refractivity contribution in [2.24, 2.45) is 5.92 Å². The average molecular weight is 300 g/mol. The number of carbonyl (C=O) groups excluding carboxylic acids is 2. The lowest BCUT2D eigenvalue weighted by Gasteiger charge is -2.27. The Balaban J connectivity index is 1.92. The second kappa shape index (κ2) is 8.26. The Morgan fingerprint density at radius 3 is 2.18 bits per heavy atom. The van der Waals surface area contributed by atoms with Crippen LogP contribution in [0.2, 0.25) is 0 Å². The zero-order chi connectivity index (χ0) is 15.9. The molecule has 2 nitrogen and oxygen atoms in total. The maximum atomic E-state index is 12.0. The van der Waals surface area contributed by atoms with E-state index in [1.807, 2.05) is 19.1 Å². The minimum Gasteiger partial charge on any atom is -0.299 e. The molecular formula is C20H28O2. The summed E-state index contributed by atoms with van der Waals surface area (Å²) in [7, 11) is 0. The Kier molecular flexibility index (Phi) is 6.35. The maximum absolute atomic E-state index is 12.0. The summed E-state index contributed by atoms with van der Waals surface area (Å²) in [5.74, 6) is 1.53. The molecule has 0 heterocycles. The number of benzene rings is 1. The van der Waals surface area contributed by atoms with Crippen LogP contribution in [0.3, 0.4) is 0 Å². The number of Topliss-reactive ketones (excluding diaryl/α,β-unsaturated/α-hetero) is 2. The molecule has 1 aliphatic carbocycles. The fourth-order valence-corrected chi connectivity index (χ4v) is 3.46. The molecule has 22 heavy (non-hydrogen) atoms. The molecule has 0 spiro atoms. The molecular weight excluding hydrogens is 272 g/mol. The maximum Gasteiger partial charge on any atom is 0.162 e. The third-order valence-corrected chi connectivity index (χ3v) is 4.99. The first-order valence-electron chi connectivity index (χ1n) is 8.81. The van der Waals surface area contributed by atoms with Gasteiger partial charge in [0.1, 0.15) is 5.78 Å². The van der Waals surface area contributed by atoms with Crippen molar-refractivity contribution in [1.29, 1.82) is 0 Å². The summed E-state index contributed by atoms with van der Waals surface area (Å²) >= 11 is 0. The number of carbonyl (C=O) groups is 2. The quantitative estimate of drug-likeness (QED) is 0.639. The summed E-state index contributed by atoms with van der Waals surface area (Å²) < 4.78 is 0. The number of hydrogen-bond donors (Lipinski definition) is 0. The first kappa shape index (κ1) is 16.9. The highest BCUT2D eigenvalue weighted by molar-refractivity contribution is 5.96. The van der Waals surface area contributed by atoms with Crippen molar-refractivity contribution in [2.75, 3.05) is 0 Å². The Labute approximate surface area is 134 Å². The van der Waals surface area contributed by atoms with E-state index in [0.717, 1.165) is 44.1 Å². The second-order valence-corrected chi connectivity index (χ2v) is 6.52. The van der Waals surface area contributed by atoms with E-state index in [2.05, 4.69) is 19.1 Å². The van der Waals surface area contributed by atoms with Gasteiger partial charge in [0.25, 0.3) is 0 Å². The van der Waals surface area contributed by atoms with E-state index in [9.17, 15) is 9.59 Å². The number of unbranched alkanes of at least 4 members (excludes halogenated alkanes) is 1. The first-order chi connectivity index (χ1) is 10.7. The zero-order valence-electron chi connectivity index (χ0n) is 13.9. The largest absolute Gasteiger partial charge is 0.299 e. The van der Waals surface area contributed by atoms with Gasteiger partial charge in [-0.2, -0.15) is 0 Å². The molecule has 0 unspecified atom stereocenters. The topological polar surface area (TPSA) is 34.1 Å². The fraction of sp³-hybridized carbons (Fsp3) is 0.600. The number of hydrogen-bond acceptors (Lipinski definition) is 2. The van der Waals surface area contributed by atoms with Crippen molar-refractivity contribution in [3.63, 3.8) is 0 Å². The molecule has 0 aliphatic heterocycles. The van der Waals surface area contributed by atoms with E-state index in [0.29, 0.717) is 24.5 Å². The van der Waals surface area contributed by atoms with Crippen LogP contribution in [0.5, 0.6) is 0 Å². The van der Waals surface area contributed by atoms with Gasteiger partial charge in [-0.1, -0.05) is 44.5 Å². The summed E-state index contributed by atoms with van der Waals surface area (Å²) in [6, 6.07) is 8.20. The molecule has 0 N–H and O–H groups in total. The van der Waals surface area contributed by atoms with E-state index < -0.39 is 0 Å². The van der Waals surface area contributed by atoms with E-state index in [-0.39, 0.29) is 11.7 Å². The Hall–Kier alpha value is -1.44. The van der Waals surface area contributed by atoms with Gasteiger partial charge in [-0.25, -0.2) is 0 Å². The first-order valence-corrected chi connectivity index (χ1v) is 8.81. The van der Waals surface area contributed by atoms with Gasteiger partial charge in [-0.05, 0) is 43.6 Å². The van der Waals surface area contributed by atoms with Crippen molar-refractivity contribution in [3.05, 3.63) is 35.4 Å². The fourth-order valence-electron chi connectivity index (χ4n) is 3.46. The van der Waals surface area contributed by atoms with E-state index in [1.54, 1.807) is 0 Å². The van der Waals surface area contributed by atoms with Gasteiger partial charge in [-0.15, -0.1) is 0 Å². The normalized spacial score (nSPS) is 21.5. The molecule has 2 rings (SSSR count). The number of rotatable bonds is 7. The van der Waals surface area contributed by atoms with Gasteiger partial charge >= 0.3 is 0 Å². The molecule has 120 valence electrons. The lowest BCUT2D eigenvalue weighted by Crippen LogP contribution is -2.20. The van der Waals surface area contributed by atoms with Gasteiger partial charge in [0, 0.05) is 24.3 Å². The molecule has 1 fully saturated rings. The smallest absolute Gasteiger partial charge is 0.162 e. The highest BCUT2D eigenvalue weighted by Gasteiger charge is 2.25. The van der Waals surface area contributed by atoms with Crippen LogP contribution < -0.4 is 0 Å². The van der Waals surface area contributed by atoms with Gasteiger partial charge in [-0.3, -0.25) is 9.59 Å². The van der Waals surface area contributed by atoms with Crippen LogP contribution in [0.25, 0.3) is 0 Å². The Morgan fingerprint density at radius 2 is 1.64 bits per heavy atom. The Bertz CT molecular complexity index is 493. The molecule has 0 atom stereocenters. The average Bonchev–Trinajstić information content (AvgIpc) is 2.59. The lowest BCUT2D eigenvalue weighted by molar-refractivity contribution is -0.123. The molecule has 1 saturated carbocycles. The van der Waals surface area contributed by atoms with Crippen molar-refractivity contribution in [3.8, 4) is 0 Å². The van der Waals surface area contributed by atoms with Gasteiger partial charge in [0.15, 0.2) is 5.78 Å². The predicted octanol–water partition coefficient (Wildman–Crippen LogP) is 5.31. The molecule has 0 saturated heterocycles. The third kappa shape index (κ3) is 4.28. The second-order valence-electron chi connectivity index (χ2n) is 6.52. The summed E-state index contributed by atoms with van der Waals surface area (Å²) in [5.41, 5.74) is 2.17. The monoisotopic (exact) mass is 300 g/mol. The van der Waals surface area contributed by atoms with Crippen LogP contribution in [0.1, 0.15) is 87.1 Å².